The molecule has 36 heavy (non-hydrogen) atoms. The Morgan fingerprint density at radius 2 is 1.86 bits per heavy atom. The largest absolute Gasteiger partial charge is 0.383 e. The first kappa shape index (κ1) is 23.3. The predicted molar refractivity (Wildman–Crippen MR) is 147 cm³/mol. The minimum absolute atomic E-state index is 0.244. The zero-order valence-electron chi connectivity index (χ0n) is 20.6. The molecule has 5 rings (SSSR count). The first-order valence-electron chi connectivity index (χ1n) is 12.0. The molecule has 3 aromatic heterocycles. The number of nitrogens with one attached hydrogen (secondary N) is 3. The van der Waals surface area contributed by atoms with E-state index >= 15 is 0 Å². The molecule has 0 fully saturated rings. The Balaban J connectivity index is 1.60. The van der Waals surface area contributed by atoms with Crippen LogP contribution in [0.1, 0.15) is 26.3 Å². The standard InChI is InChI=1S/C30H28FN5/c1-5-19(14-21(6-2)33-18(3)4)20-15-25-29(35-36-30(25)32-17-20)28-16-24-22(11-9-13-27(24)34-28)23-10-7-8-12-26(23)31/h5-18,33-34H,2H2,1,3-4H3,(H,32,35,36)/b19-5+,21-14+. The van der Waals surface area contributed by atoms with E-state index in [4.69, 9.17) is 0 Å². The van der Waals surface area contributed by atoms with Gasteiger partial charge in [0.05, 0.1) is 11.4 Å². The molecule has 0 amide bonds. The summed E-state index contributed by atoms with van der Waals surface area (Å²) in [6.07, 6.45) is 7.77. The molecule has 0 saturated carbocycles. The fraction of sp³-hybridized carbons (Fsp3) is 0.133. The molecule has 0 radical (unpaired) electrons. The number of benzene rings is 2. The van der Waals surface area contributed by atoms with E-state index in [9.17, 15) is 4.39 Å². The van der Waals surface area contributed by atoms with Crippen LogP contribution >= 0.6 is 0 Å². The Kier molecular flexibility index (Phi) is 6.25. The summed E-state index contributed by atoms with van der Waals surface area (Å²) in [6, 6.07) is 17.1. The summed E-state index contributed by atoms with van der Waals surface area (Å²) in [5.41, 5.74) is 7.60. The normalized spacial score (nSPS) is 12.6. The number of rotatable bonds is 7. The zero-order chi connectivity index (χ0) is 25.2. The Morgan fingerprint density at radius 1 is 1.06 bits per heavy atom. The molecule has 5 aromatic rings. The third kappa shape index (κ3) is 4.33. The first-order chi connectivity index (χ1) is 17.5. The second-order valence-corrected chi connectivity index (χ2v) is 8.97. The van der Waals surface area contributed by atoms with Crippen molar-refractivity contribution in [1.82, 2.24) is 25.5 Å². The van der Waals surface area contributed by atoms with Crippen LogP contribution in [0.2, 0.25) is 0 Å². The summed E-state index contributed by atoms with van der Waals surface area (Å²) in [7, 11) is 0. The highest BCUT2D eigenvalue weighted by atomic mass is 19.1. The number of aromatic nitrogens is 4. The van der Waals surface area contributed by atoms with Crippen LogP contribution in [0.4, 0.5) is 4.39 Å². The molecule has 3 N–H and O–H groups in total. The van der Waals surface area contributed by atoms with Gasteiger partial charge in [0, 0.05) is 45.4 Å². The van der Waals surface area contributed by atoms with Crippen molar-refractivity contribution in [1.29, 1.82) is 0 Å². The molecule has 2 aromatic carbocycles. The van der Waals surface area contributed by atoms with E-state index in [0.717, 1.165) is 50.1 Å². The van der Waals surface area contributed by atoms with Gasteiger partial charge in [-0.25, -0.2) is 9.37 Å². The van der Waals surface area contributed by atoms with Crippen LogP contribution in [0.25, 0.3) is 50.0 Å². The van der Waals surface area contributed by atoms with Gasteiger partial charge in [0.2, 0.25) is 0 Å². The molecule has 5 nitrogen and oxygen atoms in total. The van der Waals surface area contributed by atoms with Crippen LogP contribution in [0.15, 0.2) is 91.3 Å². The van der Waals surface area contributed by atoms with Crippen LogP contribution in [0.5, 0.6) is 0 Å². The van der Waals surface area contributed by atoms with Gasteiger partial charge in [-0.15, -0.1) is 0 Å². The number of pyridine rings is 1. The molecule has 0 saturated heterocycles. The lowest BCUT2D eigenvalue weighted by molar-refractivity contribution is 0.631. The van der Waals surface area contributed by atoms with E-state index in [-0.39, 0.29) is 5.82 Å². The summed E-state index contributed by atoms with van der Waals surface area (Å²) < 4.78 is 14.6. The number of allylic oxidation sites excluding steroid dienone is 4. The molecule has 0 aliphatic rings. The minimum atomic E-state index is -0.244. The number of hydrogen-bond acceptors (Lipinski definition) is 3. The second kappa shape index (κ2) is 9.66. The van der Waals surface area contributed by atoms with E-state index in [2.05, 4.69) is 64.1 Å². The zero-order valence-corrected chi connectivity index (χ0v) is 20.6. The van der Waals surface area contributed by atoms with Gasteiger partial charge in [-0.2, -0.15) is 5.10 Å². The van der Waals surface area contributed by atoms with Crippen molar-refractivity contribution in [2.45, 2.75) is 26.8 Å². The Morgan fingerprint density at radius 3 is 2.61 bits per heavy atom. The SMILES string of the molecule is C=C/C(=C\C(=C/C)c1cnc2n[nH]c(-c3cc4c(-c5ccccc5F)cccc4[nH]3)c2c1)NC(C)C. The van der Waals surface area contributed by atoms with Crippen LogP contribution in [-0.4, -0.2) is 26.2 Å². The lowest BCUT2D eigenvalue weighted by Crippen LogP contribution is -2.20. The maximum absolute atomic E-state index is 14.6. The highest BCUT2D eigenvalue weighted by Crippen LogP contribution is 2.35. The van der Waals surface area contributed by atoms with Crippen LogP contribution in [-0.2, 0) is 0 Å². The van der Waals surface area contributed by atoms with E-state index in [0.29, 0.717) is 17.3 Å². The maximum Gasteiger partial charge on any atom is 0.181 e. The predicted octanol–water partition coefficient (Wildman–Crippen LogP) is 7.38. The van der Waals surface area contributed by atoms with Gasteiger partial charge < -0.3 is 10.3 Å². The molecule has 180 valence electrons. The van der Waals surface area contributed by atoms with Gasteiger partial charge in [0.25, 0.3) is 0 Å². The molecule has 0 atom stereocenters. The average Bonchev–Trinajstić information content (AvgIpc) is 3.50. The van der Waals surface area contributed by atoms with Crippen molar-refractivity contribution in [3.05, 3.63) is 103 Å². The summed E-state index contributed by atoms with van der Waals surface area (Å²) in [6.45, 7) is 10.1. The van der Waals surface area contributed by atoms with Crippen LogP contribution < -0.4 is 5.32 Å². The minimum Gasteiger partial charge on any atom is -0.383 e. The summed E-state index contributed by atoms with van der Waals surface area (Å²) in [5.74, 6) is -0.244. The lowest BCUT2D eigenvalue weighted by Gasteiger charge is -2.12. The third-order valence-corrected chi connectivity index (χ3v) is 6.14. The Bertz CT molecular complexity index is 1630. The number of H-pyrrole nitrogens is 2. The van der Waals surface area contributed by atoms with Gasteiger partial charge in [0.1, 0.15) is 5.82 Å². The quantitative estimate of drug-likeness (QED) is 0.214. The summed E-state index contributed by atoms with van der Waals surface area (Å²) in [5, 5.41) is 12.8. The smallest absolute Gasteiger partial charge is 0.181 e. The number of halogens is 1. The fourth-order valence-electron chi connectivity index (χ4n) is 4.46. The highest BCUT2D eigenvalue weighted by molar-refractivity contribution is 6.01. The van der Waals surface area contributed by atoms with Crippen molar-refractivity contribution < 1.29 is 4.39 Å². The Hall–Kier alpha value is -4.45. The molecule has 0 aliphatic carbocycles. The maximum atomic E-state index is 14.6. The molecule has 0 bridgehead atoms. The average molecular weight is 478 g/mol. The van der Waals surface area contributed by atoms with Crippen molar-refractivity contribution in [3.63, 3.8) is 0 Å². The van der Waals surface area contributed by atoms with Crippen LogP contribution in [0.3, 0.4) is 0 Å². The van der Waals surface area contributed by atoms with Gasteiger partial charge in [0.15, 0.2) is 5.65 Å². The monoisotopic (exact) mass is 477 g/mol. The molecular formula is C30H28FN5. The topological polar surface area (TPSA) is 69.4 Å². The highest BCUT2D eigenvalue weighted by Gasteiger charge is 2.16. The van der Waals surface area contributed by atoms with Crippen molar-refractivity contribution in [3.8, 4) is 22.5 Å². The molecule has 0 spiro atoms. The van der Waals surface area contributed by atoms with E-state index in [1.807, 2.05) is 49.5 Å². The van der Waals surface area contributed by atoms with Crippen LogP contribution in [0, 0.1) is 5.82 Å². The second-order valence-electron chi connectivity index (χ2n) is 8.97. The fourth-order valence-corrected chi connectivity index (χ4v) is 4.46. The lowest BCUT2D eigenvalue weighted by atomic mass is 10.0. The van der Waals surface area contributed by atoms with Crippen molar-refractivity contribution in [2.24, 2.45) is 0 Å². The molecular weight excluding hydrogens is 449 g/mol. The number of aromatic amines is 2. The van der Waals surface area contributed by atoms with Gasteiger partial charge in [-0.05, 0) is 68.3 Å². The molecule has 0 aliphatic heterocycles. The number of fused-ring (bicyclic) bond motifs is 2. The number of hydrogen-bond donors (Lipinski definition) is 3. The van der Waals surface area contributed by atoms with Gasteiger partial charge in [-0.3, -0.25) is 5.10 Å². The summed E-state index contributed by atoms with van der Waals surface area (Å²) in [4.78, 5) is 8.07. The molecule has 0 unspecified atom stereocenters. The van der Waals surface area contributed by atoms with Crippen molar-refractivity contribution >= 4 is 27.5 Å². The van der Waals surface area contributed by atoms with Crippen molar-refractivity contribution in [2.75, 3.05) is 0 Å². The van der Waals surface area contributed by atoms with Gasteiger partial charge >= 0.3 is 0 Å². The van der Waals surface area contributed by atoms with Gasteiger partial charge in [-0.1, -0.05) is 43.0 Å². The van der Waals surface area contributed by atoms with E-state index < -0.39 is 0 Å². The van der Waals surface area contributed by atoms with E-state index in [1.165, 1.54) is 6.07 Å². The number of nitrogens with zero attached hydrogens (tertiary/aromatic N) is 2. The van der Waals surface area contributed by atoms with E-state index in [1.54, 1.807) is 12.1 Å². The third-order valence-electron chi connectivity index (χ3n) is 6.14. The summed E-state index contributed by atoms with van der Waals surface area (Å²) >= 11 is 0. The molecule has 6 heteroatoms. The molecule has 3 heterocycles. The Labute approximate surface area is 209 Å². The first-order valence-corrected chi connectivity index (χ1v) is 12.0.